The fourth-order valence-electron chi connectivity index (χ4n) is 3.98. The molecule has 1 aliphatic heterocycles. The zero-order chi connectivity index (χ0) is 22.4. The number of nitrogens with two attached hydrogens (primary N) is 1. The Bertz CT molecular complexity index is 894. The molecule has 0 unspecified atom stereocenters. The minimum atomic E-state index is -0.818. The maximum atomic E-state index is 12.8. The van der Waals surface area contributed by atoms with E-state index in [1.807, 2.05) is 0 Å². The molecule has 10 nitrogen and oxygen atoms in total. The first kappa shape index (κ1) is 22.3. The van der Waals surface area contributed by atoms with Crippen LogP contribution in [0.2, 0.25) is 0 Å². The van der Waals surface area contributed by atoms with Crippen molar-refractivity contribution >= 4 is 35.3 Å². The van der Waals surface area contributed by atoms with E-state index in [0.29, 0.717) is 18.5 Å². The van der Waals surface area contributed by atoms with Crippen LogP contribution >= 0.6 is 0 Å². The molecule has 3 rings (SSSR count). The number of para-hydroxylation sites is 1. The van der Waals surface area contributed by atoms with Crippen molar-refractivity contribution in [3.8, 4) is 0 Å². The Kier molecular flexibility index (Phi) is 6.88. The van der Waals surface area contributed by atoms with Crippen molar-refractivity contribution in [1.82, 2.24) is 15.5 Å². The van der Waals surface area contributed by atoms with Crippen LogP contribution in [-0.4, -0.2) is 53.2 Å². The van der Waals surface area contributed by atoms with Crippen LogP contribution in [0, 0.1) is 0 Å². The molecule has 1 saturated carbocycles. The second-order valence-corrected chi connectivity index (χ2v) is 7.85. The highest BCUT2D eigenvalue weighted by Crippen LogP contribution is 2.33. The largest absolute Gasteiger partial charge is 0.370 e. The summed E-state index contributed by atoms with van der Waals surface area (Å²) in [5.41, 5.74) is 4.77. The molecule has 1 saturated heterocycles. The van der Waals surface area contributed by atoms with Gasteiger partial charge in [-0.3, -0.25) is 24.1 Å². The number of nitrogens with one attached hydrogen (secondary N) is 3. The third-order valence-electron chi connectivity index (χ3n) is 5.62. The average molecular weight is 429 g/mol. The summed E-state index contributed by atoms with van der Waals surface area (Å²) < 4.78 is 0. The van der Waals surface area contributed by atoms with E-state index in [9.17, 15) is 24.0 Å². The van der Waals surface area contributed by atoms with Crippen LogP contribution in [0.1, 0.15) is 55.3 Å². The van der Waals surface area contributed by atoms with Gasteiger partial charge in [0.25, 0.3) is 11.8 Å². The predicted molar refractivity (Wildman–Crippen MR) is 112 cm³/mol. The second-order valence-electron chi connectivity index (χ2n) is 7.85. The number of benzene rings is 1. The molecule has 0 radical (unpaired) electrons. The van der Waals surface area contributed by atoms with Crippen LogP contribution in [0.3, 0.4) is 0 Å². The number of primary amides is 1. The molecule has 166 valence electrons. The number of hydrogen-bond donors (Lipinski definition) is 4. The molecule has 1 aromatic rings. The molecule has 1 heterocycles. The number of urea groups is 1. The lowest BCUT2D eigenvalue weighted by Crippen LogP contribution is -2.48. The van der Waals surface area contributed by atoms with Crippen LogP contribution in [0.4, 0.5) is 10.5 Å². The molecule has 1 aliphatic carbocycles. The van der Waals surface area contributed by atoms with E-state index >= 15 is 0 Å². The fraction of sp³-hybridized carbons (Fsp3) is 0.476. The van der Waals surface area contributed by atoms with Crippen molar-refractivity contribution in [1.29, 1.82) is 0 Å². The van der Waals surface area contributed by atoms with E-state index in [2.05, 4.69) is 16.0 Å². The van der Waals surface area contributed by atoms with Crippen molar-refractivity contribution in [3.05, 3.63) is 29.8 Å². The molecule has 1 aromatic carbocycles. The van der Waals surface area contributed by atoms with Gasteiger partial charge in [-0.15, -0.1) is 0 Å². The van der Waals surface area contributed by atoms with E-state index in [0.717, 1.165) is 24.2 Å². The van der Waals surface area contributed by atoms with Crippen LogP contribution in [-0.2, 0) is 14.4 Å². The Hall–Kier alpha value is -3.43. The summed E-state index contributed by atoms with van der Waals surface area (Å²) in [7, 11) is 0. The lowest BCUT2D eigenvalue weighted by molar-refractivity contribution is -0.132. The number of imide groups is 1. The zero-order valence-electron chi connectivity index (χ0n) is 17.2. The van der Waals surface area contributed by atoms with E-state index in [1.54, 1.807) is 24.3 Å². The monoisotopic (exact) mass is 429 g/mol. The van der Waals surface area contributed by atoms with Crippen LogP contribution in [0.15, 0.2) is 24.3 Å². The van der Waals surface area contributed by atoms with Crippen LogP contribution in [0.25, 0.3) is 0 Å². The Morgan fingerprint density at radius 1 is 1.06 bits per heavy atom. The van der Waals surface area contributed by atoms with Crippen molar-refractivity contribution in [2.75, 3.05) is 18.4 Å². The molecule has 10 heteroatoms. The molecule has 0 bridgehead atoms. The lowest BCUT2D eigenvalue weighted by atomic mass is 9.82. The van der Waals surface area contributed by atoms with Gasteiger partial charge in [-0.1, -0.05) is 31.4 Å². The van der Waals surface area contributed by atoms with Gasteiger partial charge in [0.1, 0.15) is 5.54 Å². The number of amides is 6. The molecule has 0 atom stereocenters. The quantitative estimate of drug-likeness (QED) is 0.452. The van der Waals surface area contributed by atoms with Gasteiger partial charge in [0, 0.05) is 25.9 Å². The van der Waals surface area contributed by atoms with Crippen molar-refractivity contribution in [2.24, 2.45) is 5.73 Å². The molecule has 2 aliphatic rings. The number of hydrogen-bond acceptors (Lipinski definition) is 5. The van der Waals surface area contributed by atoms with E-state index in [4.69, 9.17) is 5.73 Å². The standard InChI is InChI=1S/C21H27N5O5/c22-16(27)8-12-23-18(29)14-6-2-3-7-15(14)24-17(28)9-13-26-19(30)21(25-20(26)31)10-4-1-5-11-21/h2-3,6-7H,1,4-5,8-13H2,(H2,22,27)(H,23,29)(H,24,28)(H,25,31). The molecule has 5 N–H and O–H groups in total. The van der Waals surface area contributed by atoms with Gasteiger partial charge in [-0.25, -0.2) is 4.79 Å². The van der Waals surface area contributed by atoms with Gasteiger partial charge >= 0.3 is 6.03 Å². The molecule has 1 spiro atoms. The van der Waals surface area contributed by atoms with Gasteiger partial charge in [-0.2, -0.15) is 0 Å². The first-order valence-corrected chi connectivity index (χ1v) is 10.4. The number of nitrogens with zero attached hydrogens (tertiary/aromatic N) is 1. The number of carbonyl (C=O) groups is 5. The number of rotatable bonds is 8. The van der Waals surface area contributed by atoms with Crippen molar-refractivity contribution < 1.29 is 24.0 Å². The summed E-state index contributed by atoms with van der Waals surface area (Å²) in [6, 6.07) is 5.97. The third kappa shape index (κ3) is 5.19. The summed E-state index contributed by atoms with van der Waals surface area (Å²) in [5.74, 6) is -1.68. The van der Waals surface area contributed by atoms with E-state index in [1.165, 1.54) is 0 Å². The maximum Gasteiger partial charge on any atom is 0.325 e. The molecular weight excluding hydrogens is 402 g/mol. The summed E-state index contributed by atoms with van der Waals surface area (Å²) >= 11 is 0. The Morgan fingerprint density at radius 3 is 2.48 bits per heavy atom. The highest BCUT2D eigenvalue weighted by Gasteiger charge is 2.51. The number of carbonyl (C=O) groups excluding carboxylic acids is 5. The Balaban J connectivity index is 1.57. The maximum absolute atomic E-state index is 12.8. The van der Waals surface area contributed by atoms with Gasteiger partial charge in [0.2, 0.25) is 11.8 Å². The minimum Gasteiger partial charge on any atom is -0.370 e. The first-order chi connectivity index (χ1) is 14.8. The predicted octanol–water partition coefficient (Wildman–Crippen LogP) is 0.875. The number of anilines is 1. The second kappa shape index (κ2) is 9.59. The lowest BCUT2D eigenvalue weighted by Gasteiger charge is -2.30. The van der Waals surface area contributed by atoms with Crippen LogP contribution < -0.4 is 21.7 Å². The summed E-state index contributed by atoms with van der Waals surface area (Å²) in [5, 5.41) is 8.04. The third-order valence-corrected chi connectivity index (χ3v) is 5.62. The normalized spacial score (nSPS) is 17.4. The average Bonchev–Trinajstić information content (AvgIpc) is 2.96. The fourth-order valence-corrected chi connectivity index (χ4v) is 3.98. The zero-order valence-corrected chi connectivity index (χ0v) is 17.2. The van der Waals surface area contributed by atoms with Gasteiger partial charge < -0.3 is 21.7 Å². The van der Waals surface area contributed by atoms with Crippen molar-refractivity contribution in [3.63, 3.8) is 0 Å². The van der Waals surface area contributed by atoms with Gasteiger partial charge in [0.15, 0.2) is 0 Å². The Morgan fingerprint density at radius 2 is 1.77 bits per heavy atom. The van der Waals surface area contributed by atoms with Gasteiger partial charge in [0.05, 0.1) is 11.3 Å². The highest BCUT2D eigenvalue weighted by atomic mass is 16.2. The molecule has 2 fully saturated rings. The minimum absolute atomic E-state index is 0.00762. The summed E-state index contributed by atoms with van der Waals surface area (Å²) in [6.45, 7) is 0.0512. The topological polar surface area (TPSA) is 151 Å². The smallest absolute Gasteiger partial charge is 0.325 e. The molecule has 0 aromatic heterocycles. The molecule has 31 heavy (non-hydrogen) atoms. The molecular formula is C21H27N5O5. The van der Waals surface area contributed by atoms with Crippen molar-refractivity contribution in [2.45, 2.75) is 50.5 Å². The SMILES string of the molecule is NC(=O)CCNC(=O)c1ccccc1NC(=O)CCN1C(=O)NC2(CCCCC2)C1=O. The summed E-state index contributed by atoms with van der Waals surface area (Å²) in [6.07, 6.45) is 3.98. The van der Waals surface area contributed by atoms with Crippen LogP contribution in [0.5, 0.6) is 0 Å². The Labute approximate surface area is 179 Å². The highest BCUT2D eigenvalue weighted by molar-refractivity contribution is 6.08. The first-order valence-electron chi connectivity index (χ1n) is 10.4. The van der Waals surface area contributed by atoms with E-state index < -0.39 is 29.3 Å². The molecule has 6 amide bonds. The van der Waals surface area contributed by atoms with Gasteiger partial charge in [-0.05, 0) is 25.0 Å². The summed E-state index contributed by atoms with van der Waals surface area (Å²) in [4.78, 5) is 61.8. The van der Waals surface area contributed by atoms with E-state index in [-0.39, 0.29) is 37.4 Å².